The van der Waals surface area contributed by atoms with Crippen LogP contribution in [0, 0.1) is 4.51 Å². The van der Waals surface area contributed by atoms with Crippen LogP contribution in [-0.2, 0) is 15.2 Å². The highest BCUT2D eigenvalue weighted by Crippen LogP contribution is 2.41. The molecule has 0 amide bonds. The van der Waals surface area contributed by atoms with Crippen molar-refractivity contribution in [3.05, 3.63) is 57.9 Å². The molecule has 3 nitrogen and oxygen atoms in total. The Balaban J connectivity index is 2.34. The number of rotatable bonds is 1. The molecule has 0 aromatic heterocycles. The number of halogens is 6. The molecule has 0 saturated carbocycles. The van der Waals surface area contributed by atoms with Gasteiger partial charge in [-0.3, -0.25) is 0 Å². The van der Waals surface area contributed by atoms with Gasteiger partial charge in [0.05, 0.1) is 26.0 Å². The molecule has 0 fully saturated rings. The van der Waals surface area contributed by atoms with Crippen molar-refractivity contribution < 1.29 is 35.3 Å². The van der Waals surface area contributed by atoms with E-state index in [9.17, 15) is 31.1 Å². The summed E-state index contributed by atoms with van der Waals surface area (Å²) in [5.41, 5.74) is -1.09. The number of para-hydroxylation sites is 2. The van der Waals surface area contributed by atoms with E-state index in [1.165, 1.54) is 24.3 Å². The number of alkyl halides is 6. The third kappa shape index (κ3) is 3.26. The van der Waals surface area contributed by atoms with E-state index in [0.717, 1.165) is 18.2 Å². The van der Waals surface area contributed by atoms with Crippen LogP contribution in [0.2, 0.25) is 0 Å². The quantitative estimate of drug-likeness (QED) is 0.538. The number of hydrogen-bond donors (Lipinski definition) is 0. The lowest BCUT2D eigenvalue weighted by Crippen LogP contribution is -2.25. The van der Waals surface area contributed by atoms with Crippen LogP contribution in [0.3, 0.4) is 0 Å². The minimum atomic E-state index is -5.27. The summed E-state index contributed by atoms with van der Waals surface area (Å²) in [5.74, 6) is -2.48. The van der Waals surface area contributed by atoms with Crippen LogP contribution in [0.4, 0.5) is 32.0 Å². The fraction of sp³-hybridized carbons (Fsp3) is 0.133. The van der Waals surface area contributed by atoms with Gasteiger partial charge in [-0.2, -0.15) is 26.3 Å². The number of benzene rings is 2. The Hall–Kier alpha value is -2.36. The van der Waals surface area contributed by atoms with Gasteiger partial charge in [-0.1, -0.05) is 18.2 Å². The average molecular weight is 379 g/mol. The molecule has 0 N–H and O–H groups in total. The minimum absolute atomic E-state index is 0.0185. The first kappa shape index (κ1) is 17.5. The van der Waals surface area contributed by atoms with Crippen molar-refractivity contribution in [2.75, 3.05) is 0 Å². The Kier molecular flexibility index (Phi) is 4.10. The first-order valence-electron chi connectivity index (χ1n) is 6.64. The van der Waals surface area contributed by atoms with E-state index >= 15 is 0 Å². The van der Waals surface area contributed by atoms with E-state index in [4.69, 9.17) is 0 Å². The zero-order valence-electron chi connectivity index (χ0n) is 12.0. The fourth-order valence-corrected chi connectivity index (χ4v) is 3.88. The molecule has 0 aliphatic carbocycles. The maximum absolute atomic E-state index is 13.2. The molecule has 25 heavy (non-hydrogen) atoms. The Bertz CT molecular complexity index is 981. The summed E-state index contributed by atoms with van der Waals surface area (Å²) in [6.07, 6.45) is -10.0. The van der Waals surface area contributed by atoms with Crippen LogP contribution >= 0.6 is 10.8 Å². The first-order valence-corrected chi connectivity index (χ1v) is 7.79. The smallest absolute Gasteiger partial charge is 0.388 e. The monoisotopic (exact) mass is 379 g/mol. The molecular formula is C15H7F6NO2S. The molecule has 1 heterocycles. The van der Waals surface area contributed by atoms with Crippen molar-refractivity contribution in [3.8, 4) is 0 Å². The summed E-state index contributed by atoms with van der Waals surface area (Å²) in [4.78, 5) is 15.3. The van der Waals surface area contributed by atoms with Crippen LogP contribution in [0.25, 0.3) is 0 Å². The third-order valence-electron chi connectivity index (χ3n) is 3.19. The lowest BCUT2D eigenvalue weighted by atomic mass is 10.2. The Morgan fingerprint density at radius 3 is 2.28 bits per heavy atom. The second kappa shape index (κ2) is 5.87. The molecule has 1 aliphatic rings. The summed E-state index contributed by atoms with van der Waals surface area (Å²) in [5, 5.41) is -0.549. The zero-order valence-corrected chi connectivity index (χ0v) is 12.8. The summed E-state index contributed by atoms with van der Waals surface area (Å²) >= 11 is 0. The molecule has 1 aliphatic heterocycles. The van der Waals surface area contributed by atoms with Crippen LogP contribution in [0.1, 0.15) is 5.56 Å². The van der Waals surface area contributed by atoms with Crippen LogP contribution in [-0.4, -0.2) is 12.1 Å². The molecule has 0 bridgehead atoms. The molecule has 1 atom stereocenters. The minimum Gasteiger partial charge on any atom is -0.388 e. The highest BCUT2D eigenvalue weighted by Gasteiger charge is 2.42. The van der Waals surface area contributed by atoms with Crippen molar-refractivity contribution >= 4 is 22.4 Å². The zero-order chi connectivity index (χ0) is 18.4. The Labute approximate surface area is 138 Å². The topological polar surface area (TPSA) is 38.7 Å². The van der Waals surface area contributed by atoms with E-state index in [1.807, 2.05) is 0 Å². The van der Waals surface area contributed by atoms with Gasteiger partial charge in [0.2, 0.25) is 0 Å². The lowest BCUT2D eigenvalue weighted by Gasteiger charge is -2.18. The van der Waals surface area contributed by atoms with Crippen molar-refractivity contribution in [2.24, 2.45) is 4.99 Å². The SMILES string of the molecule is O=C(OS1=c2cccc(C(F)(F)F)c2=Nc2ccccc21)C(F)(F)F. The van der Waals surface area contributed by atoms with Crippen LogP contribution in [0.5, 0.6) is 0 Å². The predicted molar refractivity (Wildman–Crippen MR) is 75.5 cm³/mol. The molecule has 2 aromatic carbocycles. The van der Waals surface area contributed by atoms with Gasteiger partial charge < -0.3 is 4.18 Å². The highest BCUT2D eigenvalue weighted by atomic mass is 32.2. The standard InChI is InChI=1S/C15H7F6NO2S/c16-14(17,18)8-4-3-7-11-12(8)22-9-5-1-2-6-10(9)25(11)24-13(23)15(19,20)21/h1-7H. The van der Waals surface area contributed by atoms with Crippen molar-refractivity contribution in [1.29, 1.82) is 0 Å². The van der Waals surface area contributed by atoms with Gasteiger partial charge in [0.15, 0.2) is 0 Å². The first-order chi connectivity index (χ1) is 11.6. The molecule has 3 rings (SSSR count). The predicted octanol–water partition coefficient (Wildman–Crippen LogP) is 4.57. The van der Waals surface area contributed by atoms with Crippen LogP contribution in [0.15, 0.2) is 52.4 Å². The summed E-state index contributed by atoms with van der Waals surface area (Å²) in [6.45, 7) is 0. The van der Waals surface area contributed by atoms with Crippen molar-refractivity contribution in [3.63, 3.8) is 0 Å². The third-order valence-corrected chi connectivity index (χ3v) is 4.98. The molecule has 0 spiro atoms. The Morgan fingerprint density at radius 2 is 1.64 bits per heavy atom. The van der Waals surface area contributed by atoms with Crippen LogP contribution < -0.4 is 5.36 Å². The van der Waals surface area contributed by atoms with Gasteiger partial charge in [0, 0.05) is 10.8 Å². The molecule has 132 valence electrons. The molecular weight excluding hydrogens is 372 g/mol. The second-order valence-electron chi connectivity index (χ2n) is 4.87. The normalized spacial score (nSPS) is 16.5. The number of fused-ring (bicyclic) bond motifs is 2. The van der Waals surface area contributed by atoms with Gasteiger partial charge in [-0.25, -0.2) is 9.79 Å². The van der Waals surface area contributed by atoms with Gasteiger partial charge in [-0.05, 0) is 24.3 Å². The van der Waals surface area contributed by atoms with E-state index in [0.29, 0.717) is 0 Å². The van der Waals surface area contributed by atoms with E-state index in [1.54, 1.807) is 0 Å². The van der Waals surface area contributed by atoms with E-state index < -0.39 is 40.0 Å². The maximum Gasteiger partial charge on any atom is 0.492 e. The molecule has 1 unspecified atom stereocenters. The highest BCUT2D eigenvalue weighted by molar-refractivity contribution is 8.05. The van der Waals surface area contributed by atoms with Gasteiger partial charge in [0.25, 0.3) is 0 Å². The summed E-state index contributed by atoms with van der Waals surface area (Å²) in [6, 6.07) is 8.60. The molecule has 2 aromatic rings. The number of carbonyl (C=O) groups is 1. The lowest BCUT2D eigenvalue weighted by molar-refractivity contribution is -0.188. The van der Waals surface area contributed by atoms with Crippen molar-refractivity contribution in [2.45, 2.75) is 17.2 Å². The average Bonchev–Trinajstić information content (AvgIpc) is 2.52. The van der Waals surface area contributed by atoms with Gasteiger partial charge in [0.1, 0.15) is 0 Å². The summed E-state index contributed by atoms with van der Waals surface area (Å²) < 4.78 is 81.5. The number of hydrogen-bond acceptors (Lipinski definition) is 3. The molecule has 0 saturated heterocycles. The van der Waals surface area contributed by atoms with Gasteiger partial charge in [-0.15, -0.1) is 0 Å². The molecule has 10 heteroatoms. The number of carbonyl (C=O) groups excluding carboxylic acids is 1. The Morgan fingerprint density at radius 1 is 0.960 bits per heavy atom. The number of nitrogens with zero attached hydrogens (tertiary/aromatic N) is 1. The maximum atomic E-state index is 13.2. The fourth-order valence-electron chi connectivity index (χ4n) is 2.17. The van der Waals surface area contributed by atoms with E-state index in [-0.39, 0.29) is 15.1 Å². The largest absolute Gasteiger partial charge is 0.492 e. The van der Waals surface area contributed by atoms with E-state index in [2.05, 4.69) is 9.18 Å². The second-order valence-corrected chi connectivity index (χ2v) is 6.45. The summed E-state index contributed by atoms with van der Waals surface area (Å²) in [7, 11) is -1.98. The van der Waals surface area contributed by atoms with Crippen molar-refractivity contribution in [1.82, 2.24) is 0 Å². The molecule has 0 radical (unpaired) electrons. The van der Waals surface area contributed by atoms with Gasteiger partial charge >= 0.3 is 18.3 Å².